The second-order valence-electron chi connectivity index (χ2n) is 4.42. The molecular weight excluding hydrogens is 188 g/mol. The maximum atomic E-state index is 11.9. The van der Waals surface area contributed by atoms with E-state index in [0.717, 1.165) is 19.4 Å². The van der Waals surface area contributed by atoms with Crippen molar-refractivity contribution in [3.63, 3.8) is 0 Å². The highest BCUT2D eigenvalue weighted by Gasteiger charge is 2.25. The van der Waals surface area contributed by atoms with Crippen molar-refractivity contribution < 1.29 is 4.79 Å². The molecule has 1 amide bonds. The molecule has 0 atom stereocenters. The highest BCUT2D eigenvalue weighted by molar-refractivity contribution is 5.76. The van der Waals surface area contributed by atoms with Crippen molar-refractivity contribution in [1.29, 1.82) is 0 Å². The fraction of sp³-hybridized carbons (Fsp3) is 0.917. The van der Waals surface area contributed by atoms with E-state index in [9.17, 15) is 4.79 Å². The van der Waals surface area contributed by atoms with Gasteiger partial charge in [-0.1, -0.05) is 26.2 Å². The zero-order valence-corrected chi connectivity index (χ0v) is 9.87. The Morgan fingerprint density at radius 2 is 2.07 bits per heavy atom. The Bertz CT molecular complexity index is 188. The molecule has 1 aliphatic rings. The molecule has 88 valence electrons. The van der Waals surface area contributed by atoms with E-state index in [1.54, 1.807) is 0 Å². The Morgan fingerprint density at radius 1 is 1.40 bits per heavy atom. The lowest BCUT2D eigenvalue weighted by Crippen LogP contribution is -2.41. The van der Waals surface area contributed by atoms with Gasteiger partial charge in [-0.25, -0.2) is 0 Å². The number of unbranched alkanes of at least 4 members (excludes halogenated alkanes) is 1. The van der Waals surface area contributed by atoms with Gasteiger partial charge in [0.15, 0.2) is 0 Å². The SMILES string of the molecule is CCCCC(=O)N(CCN)C1CCCC1. The van der Waals surface area contributed by atoms with Crippen LogP contribution in [-0.2, 0) is 4.79 Å². The summed E-state index contributed by atoms with van der Waals surface area (Å²) in [5.41, 5.74) is 5.57. The number of hydrogen-bond donors (Lipinski definition) is 1. The molecule has 0 aromatic carbocycles. The maximum absolute atomic E-state index is 11.9. The Kier molecular flexibility index (Phi) is 5.69. The molecule has 3 nitrogen and oxygen atoms in total. The molecule has 0 spiro atoms. The zero-order valence-electron chi connectivity index (χ0n) is 9.87. The average molecular weight is 212 g/mol. The molecule has 1 saturated carbocycles. The first-order chi connectivity index (χ1) is 7.29. The van der Waals surface area contributed by atoms with Crippen LogP contribution in [0.25, 0.3) is 0 Å². The zero-order chi connectivity index (χ0) is 11.1. The van der Waals surface area contributed by atoms with Crippen molar-refractivity contribution in [2.45, 2.75) is 57.9 Å². The van der Waals surface area contributed by atoms with Crippen molar-refractivity contribution in [2.24, 2.45) is 5.73 Å². The number of carbonyl (C=O) groups is 1. The molecule has 0 saturated heterocycles. The summed E-state index contributed by atoms with van der Waals surface area (Å²) in [5, 5.41) is 0. The lowest BCUT2D eigenvalue weighted by molar-refractivity contribution is -0.133. The number of nitrogens with zero attached hydrogens (tertiary/aromatic N) is 1. The van der Waals surface area contributed by atoms with Gasteiger partial charge in [-0.15, -0.1) is 0 Å². The molecule has 0 aromatic rings. The van der Waals surface area contributed by atoms with Crippen LogP contribution in [0.1, 0.15) is 51.9 Å². The Balaban J connectivity index is 2.43. The molecule has 1 rings (SSSR count). The number of hydrogen-bond acceptors (Lipinski definition) is 2. The van der Waals surface area contributed by atoms with E-state index in [2.05, 4.69) is 6.92 Å². The predicted molar refractivity (Wildman–Crippen MR) is 62.5 cm³/mol. The molecule has 0 unspecified atom stereocenters. The molecule has 0 radical (unpaired) electrons. The standard InChI is InChI=1S/C12H24N2O/c1-2-3-8-12(15)14(10-9-13)11-6-4-5-7-11/h11H,2-10,13H2,1H3. The highest BCUT2D eigenvalue weighted by atomic mass is 16.2. The van der Waals surface area contributed by atoms with Gasteiger partial charge in [-0.05, 0) is 19.3 Å². The third kappa shape index (κ3) is 3.82. The summed E-state index contributed by atoms with van der Waals surface area (Å²) in [7, 11) is 0. The number of nitrogens with two attached hydrogens (primary N) is 1. The summed E-state index contributed by atoms with van der Waals surface area (Å²) in [4.78, 5) is 14.0. The third-order valence-electron chi connectivity index (χ3n) is 3.20. The molecule has 0 bridgehead atoms. The smallest absolute Gasteiger partial charge is 0.222 e. The van der Waals surface area contributed by atoms with Crippen LogP contribution < -0.4 is 5.73 Å². The Hall–Kier alpha value is -0.570. The van der Waals surface area contributed by atoms with Gasteiger partial charge in [0.2, 0.25) is 5.91 Å². The minimum Gasteiger partial charge on any atom is -0.338 e. The normalized spacial score (nSPS) is 16.9. The van der Waals surface area contributed by atoms with Crippen LogP contribution in [0.2, 0.25) is 0 Å². The van der Waals surface area contributed by atoms with Crippen LogP contribution in [0.4, 0.5) is 0 Å². The first-order valence-electron chi connectivity index (χ1n) is 6.29. The van der Waals surface area contributed by atoms with Gasteiger partial charge < -0.3 is 10.6 Å². The second kappa shape index (κ2) is 6.83. The molecule has 1 aliphatic carbocycles. The third-order valence-corrected chi connectivity index (χ3v) is 3.20. The summed E-state index contributed by atoms with van der Waals surface area (Å²) in [5.74, 6) is 0.314. The molecule has 0 aliphatic heterocycles. The van der Waals surface area contributed by atoms with E-state index < -0.39 is 0 Å². The van der Waals surface area contributed by atoms with Gasteiger partial charge in [-0.3, -0.25) is 4.79 Å². The maximum Gasteiger partial charge on any atom is 0.222 e. The topological polar surface area (TPSA) is 46.3 Å². The molecule has 3 heteroatoms. The molecule has 2 N–H and O–H groups in total. The largest absolute Gasteiger partial charge is 0.338 e. The second-order valence-corrected chi connectivity index (χ2v) is 4.42. The van der Waals surface area contributed by atoms with Crippen LogP contribution in [-0.4, -0.2) is 29.9 Å². The van der Waals surface area contributed by atoms with Gasteiger partial charge in [0.05, 0.1) is 0 Å². The van der Waals surface area contributed by atoms with Crippen molar-refractivity contribution in [1.82, 2.24) is 4.90 Å². The minimum absolute atomic E-state index is 0.314. The molecular formula is C12H24N2O. The van der Waals surface area contributed by atoms with Crippen LogP contribution in [0.3, 0.4) is 0 Å². The average Bonchev–Trinajstić information content (AvgIpc) is 2.75. The first kappa shape index (κ1) is 12.5. The van der Waals surface area contributed by atoms with E-state index in [1.165, 1.54) is 25.7 Å². The van der Waals surface area contributed by atoms with Crippen molar-refractivity contribution in [2.75, 3.05) is 13.1 Å². The van der Waals surface area contributed by atoms with Gasteiger partial charge in [0, 0.05) is 25.6 Å². The number of rotatable bonds is 6. The predicted octanol–water partition coefficient (Wildman–Crippen LogP) is 1.91. The molecule has 0 heterocycles. The quantitative estimate of drug-likeness (QED) is 0.731. The highest BCUT2D eigenvalue weighted by Crippen LogP contribution is 2.24. The van der Waals surface area contributed by atoms with Gasteiger partial charge in [0.1, 0.15) is 0 Å². The van der Waals surface area contributed by atoms with Gasteiger partial charge >= 0.3 is 0 Å². The first-order valence-corrected chi connectivity index (χ1v) is 6.29. The number of amides is 1. The van der Waals surface area contributed by atoms with Crippen LogP contribution in [0.15, 0.2) is 0 Å². The fourth-order valence-electron chi connectivity index (χ4n) is 2.34. The van der Waals surface area contributed by atoms with Crippen molar-refractivity contribution in [3.8, 4) is 0 Å². The van der Waals surface area contributed by atoms with Gasteiger partial charge in [0.25, 0.3) is 0 Å². The summed E-state index contributed by atoms with van der Waals surface area (Å²) >= 11 is 0. The van der Waals surface area contributed by atoms with E-state index in [0.29, 0.717) is 24.9 Å². The van der Waals surface area contributed by atoms with Gasteiger partial charge in [-0.2, -0.15) is 0 Å². The Morgan fingerprint density at radius 3 is 2.60 bits per heavy atom. The van der Waals surface area contributed by atoms with E-state index in [4.69, 9.17) is 5.73 Å². The number of carbonyl (C=O) groups excluding carboxylic acids is 1. The summed E-state index contributed by atoms with van der Waals surface area (Å²) < 4.78 is 0. The van der Waals surface area contributed by atoms with Crippen molar-refractivity contribution in [3.05, 3.63) is 0 Å². The fourth-order valence-corrected chi connectivity index (χ4v) is 2.34. The monoisotopic (exact) mass is 212 g/mol. The summed E-state index contributed by atoms with van der Waals surface area (Å²) in [6.45, 7) is 3.46. The van der Waals surface area contributed by atoms with E-state index >= 15 is 0 Å². The summed E-state index contributed by atoms with van der Waals surface area (Å²) in [6, 6.07) is 0.484. The van der Waals surface area contributed by atoms with E-state index in [-0.39, 0.29) is 0 Å². The van der Waals surface area contributed by atoms with Crippen molar-refractivity contribution >= 4 is 5.91 Å². The molecule has 15 heavy (non-hydrogen) atoms. The van der Waals surface area contributed by atoms with Crippen LogP contribution >= 0.6 is 0 Å². The minimum atomic E-state index is 0.314. The van der Waals surface area contributed by atoms with Crippen LogP contribution in [0.5, 0.6) is 0 Å². The lowest BCUT2D eigenvalue weighted by Gasteiger charge is -2.28. The van der Waals surface area contributed by atoms with Crippen LogP contribution in [0, 0.1) is 0 Å². The lowest BCUT2D eigenvalue weighted by atomic mass is 10.1. The molecule has 1 fully saturated rings. The Labute approximate surface area is 93.0 Å². The summed E-state index contributed by atoms with van der Waals surface area (Å²) in [6.07, 6.45) is 7.70. The van der Waals surface area contributed by atoms with E-state index in [1.807, 2.05) is 4.90 Å². The molecule has 0 aromatic heterocycles.